The third kappa shape index (κ3) is 2.23. The molecule has 1 saturated carbocycles. The zero-order valence-corrected chi connectivity index (χ0v) is 10.7. The molecule has 1 atom stereocenters. The monoisotopic (exact) mass is 246 g/mol. The molecular formula is C14H18N2O2. The predicted molar refractivity (Wildman–Crippen MR) is 70.4 cm³/mol. The van der Waals surface area contributed by atoms with Crippen LogP contribution < -0.4 is 5.32 Å². The maximum absolute atomic E-state index is 11.3. The van der Waals surface area contributed by atoms with Gasteiger partial charge >= 0.3 is 5.97 Å². The van der Waals surface area contributed by atoms with E-state index in [0.29, 0.717) is 25.0 Å². The molecule has 1 aliphatic carbocycles. The first kappa shape index (κ1) is 12.6. The average molecular weight is 246 g/mol. The fourth-order valence-electron chi connectivity index (χ4n) is 2.27. The minimum atomic E-state index is -0.778. The Bertz CT molecular complexity index is 500. The van der Waals surface area contributed by atoms with E-state index in [1.165, 1.54) is 0 Å². The standard InChI is InChI=1S/C14H18N2O2/c1-9-3-4-12(16-8-9)10-7-14(2,13(17)18)6-5-11(10)15/h3-4,8,15-16H,5-7H2,1-2H3,(H,17,18)/b12-10-,15-11?. The molecule has 0 aromatic rings. The van der Waals surface area contributed by atoms with Crippen molar-refractivity contribution in [2.75, 3.05) is 0 Å². The van der Waals surface area contributed by atoms with E-state index < -0.39 is 11.4 Å². The third-order valence-electron chi connectivity index (χ3n) is 3.67. The van der Waals surface area contributed by atoms with Crippen LogP contribution in [0, 0.1) is 10.8 Å². The van der Waals surface area contributed by atoms with Crippen molar-refractivity contribution in [1.82, 2.24) is 5.32 Å². The summed E-state index contributed by atoms with van der Waals surface area (Å²) in [7, 11) is 0. The van der Waals surface area contributed by atoms with E-state index in [1.54, 1.807) is 6.92 Å². The van der Waals surface area contributed by atoms with Gasteiger partial charge in [-0.1, -0.05) is 6.08 Å². The van der Waals surface area contributed by atoms with Crippen molar-refractivity contribution in [3.63, 3.8) is 0 Å². The topological polar surface area (TPSA) is 73.2 Å². The summed E-state index contributed by atoms with van der Waals surface area (Å²) in [5.41, 5.74) is 2.60. The molecule has 3 N–H and O–H groups in total. The molecule has 0 spiro atoms. The molecule has 2 rings (SSSR count). The van der Waals surface area contributed by atoms with Gasteiger partial charge in [0.15, 0.2) is 0 Å². The van der Waals surface area contributed by atoms with E-state index in [4.69, 9.17) is 5.41 Å². The van der Waals surface area contributed by atoms with Crippen LogP contribution in [-0.2, 0) is 4.79 Å². The molecule has 0 aromatic heterocycles. The highest BCUT2D eigenvalue weighted by Gasteiger charge is 2.39. The van der Waals surface area contributed by atoms with E-state index in [-0.39, 0.29) is 0 Å². The van der Waals surface area contributed by atoms with Crippen molar-refractivity contribution in [2.45, 2.75) is 33.1 Å². The SMILES string of the molecule is CC1=CN/C(=C2/CC(C)(C(=O)O)CCC2=N)C=C1. The molecule has 96 valence electrons. The van der Waals surface area contributed by atoms with Crippen LogP contribution in [0.1, 0.15) is 33.1 Å². The summed E-state index contributed by atoms with van der Waals surface area (Å²) in [5, 5.41) is 20.4. The van der Waals surface area contributed by atoms with Gasteiger partial charge < -0.3 is 15.8 Å². The number of carboxylic acid groups (broad SMARTS) is 1. The Balaban J connectivity index is 2.32. The van der Waals surface area contributed by atoms with Crippen LogP contribution in [0.25, 0.3) is 0 Å². The van der Waals surface area contributed by atoms with Gasteiger partial charge in [-0.2, -0.15) is 0 Å². The van der Waals surface area contributed by atoms with E-state index in [1.807, 2.05) is 25.3 Å². The quantitative estimate of drug-likeness (QED) is 0.665. The molecule has 0 saturated heterocycles. The molecule has 0 bridgehead atoms. The first-order valence-corrected chi connectivity index (χ1v) is 6.08. The second-order valence-corrected chi connectivity index (χ2v) is 5.28. The van der Waals surface area contributed by atoms with Crippen LogP contribution in [0.3, 0.4) is 0 Å². The van der Waals surface area contributed by atoms with Gasteiger partial charge in [0.25, 0.3) is 0 Å². The van der Waals surface area contributed by atoms with Gasteiger partial charge in [-0.3, -0.25) is 4.79 Å². The number of aliphatic carboxylic acids is 1. The zero-order chi connectivity index (χ0) is 13.3. The van der Waals surface area contributed by atoms with Gasteiger partial charge in [-0.05, 0) is 50.3 Å². The number of carbonyl (C=O) groups is 1. The number of nitrogens with one attached hydrogen (secondary N) is 2. The Morgan fingerprint density at radius 3 is 2.78 bits per heavy atom. The number of carboxylic acids is 1. The lowest BCUT2D eigenvalue weighted by molar-refractivity contribution is -0.148. The molecule has 0 amide bonds. The Morgan fingerprint density at radius 1 is 1.50 bits per heavy atom. The normalized spacial score (nSPS) is 31.9. The molecule has 0 aromatic carbocycles. The molecule has 1 unspecified atom stereocenters. The highest BCUT2D eigenvalue weighted by Crippen LogP contribution is 2.38. The lowest BCUT2D eigenvalue weighted by Crippen LogP contribution is -2.35. The molecule has 4 heteroatoms. The summed E-state index contributed by atoms with van der Waals surface area (Å²) in [5.74, 6) is -0.778. The number of hydrogen-bond donors (Lipinski definition) is 3. The number of hydrogen-bond acceptors (Lipinski definition) is 3. The Hall–Kier alpha value is -1.84. The van der Waals surface area contributed by atoms with Crippen molar-refractivity contribution >= 4 is 11.7 Å². The summed E-state index contributed by atoms with van der Waals surface area (Å²) >= 11 is 0. The Morgan fingerprint density at radius 2 is 2.22 bits per heavy atom. The van der Waals surface area contributed by atoms with Gasteiger partial charge in [0, 0.05) is 17.6 Å². The van der Waals surface area contributed by atoms with Crippen molar-refractivity contribution in [3.8, 4) is 0 Å². The molecule has 1 aliphatic heterocycles. The van der Waals surface area contributed by atoms with E-state index in [9.17, 15) is 9.90 Å². The summed E-state index contributed by atoms with van der Waals surface area (Å²) in [4.78, 5) is 11.3. The van der Waals surface area contributed by atoms with Crippen LogP contribution in [-0.4, -0.2) is 16.8 Å². The second-order valence-electron chi connectivity index (χ2n) is 5.28. The smallest absolute Gasteiger partial charge is 0.309 e. The lowest BCUT2D eigenvalue weighted by Gasteiger charge is -2.32. The van der Waals surface area contributed by atoms with Gasteiger partial charge in [0.1, 0.15) is 0 Å². The maximum atomic E-state index is 11.3. The van der Waals surface area contributed by atoms with Crippen molar-refractivity contribution in [3.05, 3.63) is 35.2 Å². The summed E-state index contributed by atoms with van der Waals surface area (Å²) in [6.45, 7) is 3.74. The molecule has 1 fully saturated rings. The van der Waals surface area contributed by atoms with Crippen LogP contribution in [0.2, 0.25) is 0 Å². The number of dihydropyridines is 1. The average Bonchev–Trinajstić information content (AvgIpc) is 2.33. The van der Waals surface area contributed by atoms with E-state index in [0.717, 1.165) is 16.8 Å². The summed E-state index contributed by atoms with van der Waals surface area (Å²) in [6.07, 6.45) is 7.26. The van der Waals surface area contributed by atoms with E-state index >= 15 is 0 Å². The number of rotatable bonds is 1. The summed E-state index contributed by atoms with van der Waals surface area (Å²) in [6, 6.07) is 0. The zero-order valence-electron chi connectivity index (χ0n) is 10.7. The van der Waals surface area contributed by atoms with Crippen LogP contribution in [0.5, 0.6) is 0 Å². The minimum absolute atomic E-state index is 0.417. The highest BCUT2D eigenvalue weighted by atomic mass is 16.4. The second kappa shape index (κ2) is 4.44. The fourth-order valence-corrected chi connectivity index (χ4v) is 2.27. The van der Waals surface area contributed by atoms with Gasteiger partial charge in [-0.25, -0.2) is 0 Å². The minimum Gasteiger partial charge on any atom is -0.481 e. The lowest BCUT2D eigenvalue weighted by atomic mass is 9.72. The largest absolute Gasteiger partial charge is 0.481 e. The predicted octanol–water partition coefficient (Wildman–Crippen LogP) is 2.60. The van der Waals surface area contributed by atoms with Crippen molar-refractivity contribution in [2.24, 2.45) is 5.41 Å². The van der Waals surface area contributed by atoms with Crippen molar-refractivity contribution < 1.29 is 9.90 Å². The fraction of sp³-hybridized carbons (Fsp3) is 0.429. The van der Waals surface area contributed by atoms with Crippen LogP contribution in [0.15, 0.2) is 35.2 Å². The maximum Gasteiger partial charge on any atom is 0.309 e. The molecule has 0 radical (unpaired) electrons. The molecular weight excluding hydrogens is 228 g/mol. The molecule has 2 aliphatic rings. The first-order valence-electron chi connectivity index (χ1n) is 6.08. The molecule has 18 heavy (non-hydrogen) atoms. The third-order valence-corrected chi connectivity index (χ3v) is 3.67. The van der Waals surface area contributed by atoms with Gasteiger partial charge in [0.05, 0.1) is 5.41 Å². The van der Waals surface area contributed by atoms with Gasteiger partial charge in [-0.15, -0.1) is 0 Å². The first-order chi connectivity index (χ1) is 8.42. The highest BCUT2D eigenvalue weighted by molar-refractivity contribution is 6.01. The van der Waals surface area contributed by atoms with Crippen LogP contribution >= 0.6 is 0 Å². The Kier molecular flexibility index (Phi) is 3.11. The van der Waals surface area contributed by atoms with Crippen molar-refractivity contribution in [1.29, 1.82) is 5.41 Å². The van der Waals surface area contributed by atoms with Crippen LogP contribution in [0.4, 0.5) is 0 Å². The van der Waals surface area contributed by atoms with Gasteiger partial charge in [0.2, 0.25) is 0 Å². The molecule has 1 heterocycles. The Labute approximate surface area is 107 Å². The molecule has 4 nitrogen and oxygen atoms in total. The summed E-state index contributed by atoms with van der Waals surface area (Å²) < 4.78 is 0. The van der Waals surface area contributed by atoms with E-state index in [2.05, 4.69) is 5.32 Å². The number of allylic oxidation sites excluding steroid dienone is 4.